The number of rotatable bonds is 4. The Balaban J connectivity index is 2.12. The molecular formula is C12H19N5O3S. The molecule has 1 fully saturated rings. The minimum atomic E-state index is -3.34. The van der Waals surface area contributed by atoms with Crippen molar-refractivity contribution < 1.29 is 13.2 Å². The van der Waals surface area contributed by atoms with Gasteiger partial charge >= 0.3 is 0 Å². The minimum absolute atomic E-state index is 0.135. The molecule has 21 heavy (non-hydrogen) atoms. The molecule has 8 nitrogen and oxygen atoms in total. The van der Waals surface area contributed by atoms with E-state index in [0.29, 0.717) is 26.2 Å². The molecule has 1 amide bonds. The maximum atomic E-state index is 11.7. The number of aromatic nitrogens is 2. The van der Waals surface area contributed by atoms with Gasteiger partial charge in [0.2, 0.25) is 15.9 Å². The topological polar surface area (TPSA) is 109 Å². The van der Waals surface area contributed by atoms with Crippen LogP contribution in [-0.2, 0) is 21.4 Å². The lowest BCUT2D eigenvalue weighted by Gasteiger charge is -2.21. The Morgan fingerprint density at radius 3 is 2.57 bits per heavy atom. The Labute approximate surface area is 124 Å². The molecule has 0 bridgehead atoms. The Morgan fingerprint density at radius 2 is 2.00 bits per heavy atom. The summed E-state index contributed by atoms with van der Waals surface area (Å²) in [5, 5.41) is 0. The highest BCUT2D eigenvalue weighted by molar-refractivity contribution is 7.88. The van der Waals surface area contributed by atoms with Crippen LogP contribution in [0, 0.1) is 5.92 Å². The molecule has 1 aromatic heterocycles. The molecule has 0 aliphatic carbocycles. The Morgan fingerprint density at radius 1 is 1.33 bits per heavy atom. The van der Waals surface area contributed by atoms with Crippen LogP contribution >= 0.6 is 0 Å². The average Bonchev–Trinajstić information content (AvgIpc) is 2.62. The molecule has 0 aromatic carbocycles. The van der Waals surface area contributed by atoms with Gasteiger partial charge in [-0.3, -0.25) is 9.69 Å². The SMILES string of the molecule is CS(=O)(=O)N1CCN(Cc2cncnc2)C[C@@H](C(N)=O)C1. The van der Waals surface area contributed by atoms with Crippen molar-refractivity contribution in [2.24, 2.45) is 11.7 Å². The quantitative estimate of drug-likeness (QED) is 0.736. The molecule has 0 radical (unpaired) electrons. The lowest BCUT2D eigenvalue weighted by Crippen LogP contribution is -2.40. The predicted molar refractivity (Wildman–Crippen MR) is 76.4 cm³/mol. The fourth-order valence-electron chi connectivity index (χ4n) is 2.35. The van der Waals surface area contributed by atoms with Crippen molar-refractivity contribution in [3.8, 4) is 0 Å². The van der Waals surface area contributed by atoms with Crippen molar-refractivity contribution >= 4 is 15.9 Å². The summed E-state index contributed by atoms with van der Waals surface area (Å²) in [6.45, 7) is 2.00. The van der Waals surface area contributed by atoms with E-state index in [1.807, 2.05) is 4.90 Å². The zero-order chi connectivity index (χ0) is 15.5. The third kappa shape index (κ3) is 4.45. The van der Waals surface area contributed by atoms with Gasteiger partial charge in [0.1, 0.15) is 6.33 Å². The second-order valence-electron chi connectivity index (χ2n) is 5.20. The molecule has 1 aromatic rings. The molecular weight excluding hydrogens is 294 g/mol. The zero-order valence-electron chi connectivity index (χ0n) is 11.8. The summed E-state index contributed by atoms with van der Waals surface area (Å²) in [7, 11) is -3.34. The van der Waals surface area contributed by atoms with E-state index in [4.69, 9.17) is 5.73 Å². The van der Waals surface area contributed by atoms with Crippen LogP contribution in [0.1, 0.15) is 5.56 Å². The number of carbonyl (C=O) groups excluding carboxylic acids is 1. The van der Waals surface area contributed by atoms with E-state index < -0.39 is 21.8 Å². The largest absolute Gasteiger partial charge is 0.369 e. The number of sulfonamides is 1. The molecule has 0 spiro atoms. The monoisotopic (exact) mass is 313 g/mol. The Kier molecular flexibility index (Phi) is 4.86. The number of nitrogens with two attached hydrogens (primary N) is 1. The van der Waals surface area contributed by atoms with Gasteiger partial charge in [-0.15, -0.1) is 0 Å². The number of amides is 1. The van der Waals surface area contributed by atoms with Crippen LogP contribution in [0.5, 0.6) is 0 Å². The van der Waals surface area contributed by atoms with Gasteiger partial charge in [-0.25, -0.2) is 22.7 Å². The van der Waals surface area contributed by atoms with E-state index in [0.717, 1.165) is 11.8 Å². The Hall–Kier alpha value is -1.58. The van der Waals surface area contributed by atoms with Crippen LogP contribution in [0.2, 0.25) is 0 Å². The van der Waals surface area contributed by atoms with E-state index in [-0.39, 0.29) is 6.54 Å². The highest BCUT2D eigenvalue weighted by Gasteiger charge is 2.30. The van der Waals surface area contributed by atoms with Crippen LogP contribution in [-0.4, -0.2) is 65.9 Å². The molecule has 2 heterocycles. The van der Waals surface area contributed by atoms with Crippen LogP contribution in [0.25, 0.3) is 0 Å². The van der Waals surface area contributed by atoms with Crippen molar-refractivity contribution in [1.29, 1.82) is 0 Å². The lowest BCUT2D eigenvalue weighted by atomic mass is 10.1. The van der Waals surface area contributed by atoms with Crippen molar-refractivity contribution in [1.82, 2.24) is 19.2 Å². The zero-order valence-corrected chi connectivity index (χ0v) is 12.7. The molecule has 1 aliphatic rings. The van der Waals surface area contributed by atoms with Crippen molar-refractivity contribution in [2.45, 2.75) is 6.54 Å². The summed E-state index contributed by atoms with van der Waals surface area (Å²) in [6, 6.07) is 0. The van der Waals surface area contributed by atoms with Gasteiger partial charge < -0.3 is 5.73 Å². The van der Waals surface area contributed by atoms with Gasteiger partial charge in [-0.2, -0.15) is 0 Å². The Bertz CT molecular complexity index is 592. The molecule has 0 unspecified atom stereocenters. The average molecular weight is 313 g/mol. The third-order valence-electron chi connectivity index (χ3n) is 3.46. The summed E-state index contributed by atoms with van der Waals surface area (Å²) < 4.78 is 24.7. The van der Waals surface area contributed by atoms with E-state index in [2.05, 4.69) is 9.97 Å². The predicted octanol–water partition coefficient (Wildman–Crippen LogP) is -1.34. The molecule has 9 heteroatoms. The van der Waals surface area contributed by atoms with Gasteiger partial charge in [0.25, 0.3) is 0 Å². The number of carbonyl (C=O) groups is 1. The maximum absolute atomic E-state index is 11.7. The summed E-state index contributed by atoms with van der Waals surface area (Å²) in [4.78, 5) is 21.4. The number of hydrogen-bond acceptors (Lipinski definition) is 6. The second kappa shape index (κ2) is 6.46. The molecule has 1 atom stereocenters. The lowest BCUT2D eigenvalue weighted by molar-refractivity contribution is -0.122. The summed E-state index contributed by atoms with van der Waals surface area (Å²) >= 11 is 0. The van der Waals surface area contributed by atoms with Crippen molar-refractivity contribution in [3.63, 3.8) is 0 Å². The molecule has 2 rings (SSSR count). The van der Waals surface area contributed by atoms with Crippen LogP contribution < -0.4 is 5.73 Å². The first-order valence-electron chi connectivity index (χ1n) is 6.57. The summed E-state index contributed by atoms with van der Waals surface area (Å²) in [5.41, 5.74) is 6.30. The van der Waals surface area contributed by atoms with E-state index >= 15 is 0 Å². The summed E-state index contributed by atoms with van der Waals surface area (Å²) in [6.07, 6.45) is 5.99. The van der Waals surface area contributed by atoms with Crippen molar-refractivity contribution in [2.75, 3.05) is 32.4 Å². The van der Waals surface area contributed by atoms with Gasteiger partial charge in [-0.1, -0.05) is 0 Å². The van der Waals surface area contributed by atoms with Gasteiger partial charge in [-0.05, 0) is 0 Å². The van der Waals surface area contributed by atoms with Crippen LogP contribution in [0.4, 0.5) is 0 Å². The van der Waals surface area contributed by atoms with E-state index in [1.165, 1.54) is 10.6 Å². The normalized spacial score (nSPS) is 21.9. The molecule has 116 valence electrons. The summed E-state index contributed by atoms with van der Waals surface area (Å²) in [5.74, 6) is -1.01. The molecule has 1 saturated heterocycles. The van der Waals surface area contributed by atoms with Crippen LogP contribution in [0.15, 0.2) is 18.7 Å². The van der Waals surface area contributed by atoms with Gasteiger partial charge in [0.15, 0.2) is 0 Å². The molecule has 2 N–H and O–H groups in total. The number of hydrogen-bond donors (Lipinski definition) is 1. The van der Waals surface area contributed by atoms with Crippen LogP contribution in [0.3, 0.4) is 0 Å². The van der Waals surface area contributed by atoms with Crippen molar-refractivity contribution in [3.05, 3.63) is 24.3 Å². The van der Waals surface area contributed by atoms with E-state index in [9.17, 15) is 13.2 Å². The highest BCUT2D eigenvalue weighted by Crippen LogP contribution is 2.14. The highest BCUT2D eigenvalue weighted by atomic mass is 32.2. The fraction of sp³-hybridized carbons (Fsp3) is 0.583. The fourth-order valence-corrected chi connectivity index (χ4v) is 3.21. The molecule has 1 aliphatic heterocycles. The second-order valence-corrected chi connectivity index (χ2v) is 7.18. The minimum Gasteiger partial charge on any atom is -0.369 e. The van der Waals surface area contributed by atoms with E-state index in [1.54, 1.807) is 12.4 Å². The maximum Gasteiger partial charge on any atom is 0.223 e. The van der Waals surface area contributed by atoms with Gasteiger partial charge in [0.05, 0.1) is 12.2 Å². The first-order valence-corrected chi connectivity index (χ1v) is 8.42. The number of primary amides is 1. The first kappa shape index (κ1) is 15.8. The third-order valence-corrected chi connectivity index (χ3v) is 4.73. The van der Waals surface area contributed by atoms with Gasteiger partial charge in [0, 0.05) is 50.7 Å². The number of nitrogens with zero attached hydrogens (tertiary/aromatic N) is 4. The standard InChI is InChI=1S/C12H19N5O3S/c1-21(19,20)17-3-2-16(7-11(8-17)12(13)18)6-10-4-14-9-15-5-10/h4-5,9,11H,2-3,6-8H2,1H3,(H2,13,18)/t11-/m1/s1. The smallest absolute Gasteiger partial charge is 0.223 e. The first-order chi connectivity index (χ1) is 9.86. The molecule has 0 saturated carbocycles.